The molecule has 0 aromatic heterocycles. The molecule has 0 heterocycles. The summed E-state index contributed by atoms with van der Waals surface area (Å²) in [6, 6.07) is 0. The first-order valence-electron chi connectivity index (χ1n) is 0. The van der Waals surface area contributed by atoms with Crippen LogP contribution in [0.15, 0.2) is 0 Å². The molecule has 0 bridgehead atoms. The SMILES string of the molecule is O.O.[AlH3].[BiH3]. The van der Waals surface area contributed by atoms with Gasteiger partial charge in [-0.25, -0.2) is 0 Å². The summed E-state index contributed by atoms with van der Waals surface area (Å²) >= 11 is 0. The van der Waals surface area contributed by atoms with Crippen molar-refractivity contribution in [1.29, 1.82) is 0 Å². The van der Waals surface area contributed by atoms with Crippen molar-refractivity contribution in [1.82, 2.24) is 0 Å². The van der Waals surface area contributed by atoms with Gasteiger partial charge in [-0.1, -0.05) is 0 Å². The standard InChI is InChI=1S/Al.Bi.2H2O.6H/h;;2*1H2;;;;;;. The van der Waals surface area contributed by atoms with E-state index < -0.39 is 0 Å². The van der Waals surface area contributed by atoms with Gasteiger partial charge in [0.2, 0.25) is 0 Å². The average Bonchev–Trinajstić information content (AvgIpc) is 0. The van der Waals surface area contributed by atoms with Gasteiger partial charge in [-0.05, 0) is 0 Å². The Labute approximate surface area is 54.5 Å². The van der Waals surface area contributed by atoms with Gasteiger partial charge in [0.25, 0.3) is 0 Å². The van der Waals surface area contributed by atoms with E-state index in [1.54, 1.807) is 0 Å². The van der Waals surface area contributed by atoms with E-state index in [0.29, 0.717) is 0 Å². The van der Waals surface area contributed by atoms with Crippen LogP contribution in [0.25, 0.3) is 0 Å². The predicted molar refractivity (Wildman–Crippen MR) is 27.1 cm³/mol. The maximum atomic E-state index is 0. The molecular formula is H10AlBiO2. The van der Waals surface area contributed by atoms with E-state index in [9.17, 15) is 0 Å². The van der Waals surface area contributed by atoms with Crippen LogP contribution in [-0.4, -0.2) is 54.5 Å². The molecule has 0 aliphatic carbocycles. The van der Waals surface area contributed by atoms with Crippen LogP contribution in [0.4, 0.5) is 0 Å². The summed E-state index contributed by atoms with van der Waals surface area (Å²) in [6.07, 6.45) is 0. The third-order valence-corrected chi connectivity index (χ3v) is 0. The molecule has 30 valence electrons. The summed E-state index contributed by atoms with van der Waals surface area (Å²) in [6.45, 7) is 0. The fourth-order valence-electron chi connectivity index (χ4n) is 0. The average molecular weight is 278 g/mol. The Bertz CT molecular complexity index is 6.00. The molecule has 0 amide bonds. The van der Waals surface area contributed by atoms with Gasteiger partial charge in [-0.2, -0.15) is 0 Å². The van der Waals surface area contributed by atoms with Crippen molar-refractivity contribution < 1.29 is 11.0 Å². The molecule has 0 fully saturated rings. The van der Waals surface area contributed by atoms with E-state index in [1.165, 1.54) is 0 Å². The van der Waals surface area contributed by atoms with E-state index in [4.69, 9.17) is 0 Å². The molecule has 4 heteroatoms. The Morgan fingerprint density at radius 2 is 0.750 bits per heavy atom. The van der Waals surface area contributed by atoms with Crippen LogP contribution in [0.1, 0.15) is 0 Å². The fraction of sp³-hybridized carbons (Fsp3) is 0. The van der Waals surface area contributed by atoms with E-state index in [1.807, 2.05) is 0 Å². The van der Waals surface area contributed by atoms with Gasteiger partial charge >= 0.3 is 26.2 Å². The van der Waals surface area contributed by atoms with Gasteiger partial charge in [-0.3, -0.25) is 0 Å². The Morgan fingerprint density at radius 1 is 0.750 bits per heavy atom. The summed E-state index contributed by atoms with van der Waals surface area (Å²) in [5, 5.41) is 0. The van der Waals surface area contributed by atoms with Crippen molar-refractivity contribution in [2.24, 2.45) is 0 Å². The van der Waals surface area contributed by atoms with Gasteiger partial charge in [-0.15, -0.1) is 0 Å². The zero-order valence-corrected chi connectivity index (χ0v) is 7.20. The second kappa shape index (κ2) is 27.0. The summed E-state index contributed by atoms with van der Waals surface area (Å²) in [5.41, 5.74) is 0. The first-order valence-corrected chi connectivity index (χ1v) is 0. The van der Waals surface area contributed by atoms with Crippen molar-refractivity contribution in [2.45, 2.75) is 0 Å². The van der Waals surface area contributed by atoms with Crippen LogP contribution < -0.4 is 0 Å². The fourth-order valence-corrected chi connectivity index (χ4v) is 0. The first kappa shape index (κ1) is 56.2. The minimum atomic E-state index is 0. The molecule has 0 saturated heterocycles. The van der Waals surface area contributed by atoms with E-state index in [2.05, 4.69) is 0 Å². The summed E-state index contributed by atoms with van der Waals surface area (Å²) in [7, 11) is 0. The van der Waals surface area contributed by atoms with Gasteiger partial charge in [0.1, 0.15) is 0 Å². The van der Waals surface area contributed by atoms with Crippen LogP contribution in [0, 0.1) is 0 Å². The van der Waals surface area contributed by atoms with Crippen molar-refractivity contribution >= 4 is 43.6 Å². The normalized spacial score (nSPS) is 0. The van der Waals surface area contributed by atoms with Gasteiger partial charge < -0.3 is 11.0 Å². The van der Waals surface area contributed by atoms with E-state index in [0.717, 1.165) is 0 Å². The van der Waals surface area contributed by atoms with Crippen LogP contribution in [0.5, 0.6) is 0 Å². The zero-order chi connectivity index (χ0) is 0. The molecule has 0 aliphatic rings. The summed E-state index contributed by atoms with van der Waals surface area (Å²) in [4.78, 5) is 0. The van der Waals surface area contributed by atoms with Crippen molar-refractivity contribution in [3.05, 3.63) is 0 Å². The molecule has 0 aromatic rings. The maximum absolute atomic E-state index is 0. The first-order chi connectivity index (χ1) is 0. The third-order valence-electron chi connectivity index (χ3n) is 0. The summed E-state index contributed by atoms with van der Waals surface area (Å²) < 4.78 is 0. The summed E-state index contributed by atoms with van der Waals surface area (Å²) in [5.74, 6) is 0. The molecule has 0 aliphatic heterocycles. The van der Waals surface area contributed by atoms with Crippen LogP contribution in [0.2, 0.25) is 0 Å². The molecule has 0 unspecified atom stereocenters. The minimum absolute atomic E-state index is 0. The number of hydrogen-bond acceptors (Lipinski definition) is 0. The van der Waals surface area contributed by atoms with Gasteiger partial charge in [0.05, 0.1) is 0 Å². The monoisotopic (exact) mass is 278 g/mol. The Balaban J connectivity index is 0. The topological polar surface area (TPSA) is 63.0 Å². The van der Waals surface area contributed by atoms with Crippen molar-refractivity contribution in [3.8, 4) is 0 Å². The zero-order valence-electron chi connectivity index (χ0n) is 1.71. The van der Waals surface area contributed by atoms with Crippen molar-refractivity contribution in [2.75, 3.05) is 0 Å². The second-order valence-electron chi connectivity index (χ2n) is 0. The van der Waals surface area contributed by atoms with Crippen LogP contribution in [0.3, 0.4) is 0 Å². The second-order valence-corrected chi connectivity index (χ2v) is 0. The van der Waals surface area contributed by atoms with E-state index >= 15 is 0 Å². The molecule has 0 atom stereocenters. The molecule has 2 nitrogen and oxygen atoms in total. The molecule has 0 saturated carbocycles. The molecule has 0 radical (unpaired) electrons. The number of rotatable bonds is 0. The van der Waals surface area contributed by atoms with Gasteiger partial charge in [0, 0.05) is 0 Å². The Hall–Kier alpha value is 1.34. The number of hydrogen-bond donors (Lipinski definition) is 0. The Kier molecular flexibility index (Phi) is 380. The molecule has 4 heavy (non-hydrogen) atoms. The molecule has 0 aromatic carbocycles. The van der Waals surface area contributed by atoms with Crippen LogP contribution >= 0.6 is 0 Å². The predicted octanol–water partition coefficient (Wildman–Crippen LogP) is -4.02. The molecule has 0 spiro atoms. The van der Waals surface area contributed by atoms with Gasteiger partial charge in [0.15, 0.2) is 17.4 Å². The molecule has 4 N–H and O–H groups in total. The quantitative estimate of drug-likeness (QED) is 0.405. The molecule has 0 rings (SSSR count). The molecular weight excluding hydrogens is 268 g/mol. The Morgan fingerprint density at radius 3 is 0.750 bits per heavy atom. The van der Waals surface area contributed by atoms with Crippen molar-refractivity contribution in [3.63, 3.8) is 0 Å². The third kappa shape index (κ3) is 10.2. The van der Waals surface area contributed by atoms with Crippen LogP contribution in [-0.2, 0) is 0 Å². The van der Waals surface area contributed by atoms with E-state index in [-0.39, 0.29) is 54.5 Å².